The topological polar surface area (TPSA) is 57.8 Å². The molecule has 1 atom stereocenters. The number of rotatable bonds is 8. The van der Waals surface area contributed by atoms with Crippen LogP contribution in [0, 0.1) is 0 Å². The number of aromatic amines is 1. The van der Waals surface area contributed by atoms with Crippen molar-refractivity contribution in [1.29, 1.82) is 0 Å². The Hall–Kier alpha value is -1.20. The Morgan fingerprint density at radius 3 is 2.96 bits per heavy atom. The Morgan fingerprint density at radius 1 is 1.30 bits per heavy atom. The minimum absolute atomic E-state index is 0.0465. The van der Waals surface area contributed by atoms with E-state index in [4.69, 9.17) is 4.98 Å². The van der Waals surface area contributed by atoms with Gasteiger partial charge in [-0.3, -0.25) is 4.79 Å². The van der Waals surface area contributed by atoms with Crippen LogP contribution in [0.2, 0.25) is 0 Å². The van der Waals surface area contributed by atoms with E-state index in [0.717, 1.165) is 35.3 Å². The van der Waals surface area contributed by atoms with Crippen molar-refractivity contribution in [3.05, 3.63) is 26.6 Å². The second kappa shape index (κ2) is 7.58. The molecule has 1 aliphatic rings. The third-order valence-electron chi connectivity index (χ3n) is 4.83. The fraction of sp³-hybridized carbons (Fsp3) is 0.667. The first kappa shape index (κ1) is 16.7. The molecule has 2 heterocycles. The molecule has 23 heavy (non-hydrogen) atoms. The van der Waals surface area contributed by atoms with E-state index in [2.05, 4.69) is 24.1 Å². The van der Waals surface area contributed by atoms with Gasteiger partial charge in [0, 0.05) is 10.9 Å². The highest BCUT2D eigenvalue weighted by Crippen LogP contribution is 2.34. The van der Waals surface area contributed by atoms with Crippen LogP contribution in [0.4, 0.5) is 0 Å². The molecule has 0 aliphatic heterocycles. The van der Waals surface area contributed by atoms with Gasteiger partial charge in [-0.05, 0) is 37.7 Å². The van der Waals surface area contributed by atoms with Crippen molar-refractivity contribution in [2.45, 2.75) is 77.8 Å². The lowest BCUT2D eigenvalue weighted by Crippen LogP contribution is -2.29. The number of aryl methyl sites for hydroxylation is 2. The minimum atomic E-state index is 0.0465. The molecule has 0 amide bonds. The molecule has 3 rings (SSSR count). The van der Waals surface area contributed by atoms with Crippen molar-refractivity contribution >= 4 is 21.6 Å². The number of nitrogens with one attached hydrogen (secondary N) is 2. The van der Waals surface area contributed by atoms with Gasteiger partial charge in [0.25, 0.3) is 5.56 Å². The average Bonchev–Trinajstić information content (AvgIpc) is 3.11. The molecule has 0 spiro atoms. The van der Waals surface area contributed by atoms with Gasteiger partial charge in [0.2, 0.25) is 0 Å². The maximum atomic E-state index is 12.4. The summed E-state index contributed by atoms with van der Waals surface area (Å²) in [6, 6.07) is 0.510. The summed E-state index contributed by atoms with van der Waals surface area (Å²) in [6.07, 6.45) is 9.45. The Balaban J connectivity index is 1.70. The fourth-order valence-electron chi connectivity index (χ4n) is 3.46. The fourth-order valence-corrected chi connectivity index (χ4v) is 4.74. The van der Waals surface area contributed by atoms with Gasteiger partial charge in [-0.15, -0.1) is 11.3 Å². The van der Waals surface area contributed by atoms with Crippen LogP contribution in [0.3, 0.4) is 0 Å². The summed E-state index contributed by atoms with van der Waals surface area (Å²) in [7, 11) is 0. The largest absolute Gasteiger partial charge is 0.309 e. The predicted octanol–water partition coefficient (Wildman–Crippen LogP) is 3.92. The molecular formula is C18H27N3OS. The molecule has 2 N–H and O–H groups in total. The Morgan fingerprint density at radius 2 is 2.17 bits per heavy atom. The number of nitrogens with zero attached hydrogens (tertiary/aromatic N) is 1. The molecule has 1 unspecified atom stereocenters. The smallest absolute Gasteiger partial charge is 0.259 e. The summed E-state index contributed by atoms with van der Waals surface area (Å²) in [5.74, 6) is 0.774. The molecule has 2 aromatic rings. The zero-order valence-corrected chi connectivity index (χ0v) is 15.0. The van der Waals surface area contributed by atoms with E-state index in [0.29, 0.717) is 12.6 Å². The molecular weight excluding hydrogens is 306 g/mol. The summed E-state index contributed by atoms with van der Waals surface area (Å²) in [6.45, 7) is 5.10. The molecule has 0 bridgehead atoms. The number of H-pyrrole nitrogens is 1. The van der Waals surface area contributed by atoms with Gasteiger partial charge in [-0.2, -0.15) is 0 Å². The first-order chi connectivity index (χ1) is 11.2. The van der Waals surface area contributed by atoms with E-state index in [1.54, 1.807) is 11.3 Å². The standard InChI is InChI=1S/C18H27N3OS/c1-3-5-6-8-12(4-2)19-11-15-20-17(22)16-13-9-7-10-14(13)23-18(16)21-15/h12,19H,3-11H2,1-2H3,(H,20,21,22). The second-order valence-electron chi connectivity index (χ2n) is 6.53. The quantitative estimate of drug-likeness (QED) is 0.720. The lowest BCUT2D eigenvalue weighted by molar-refractivity contribution is 0.441. The van der Waals surface area contributed by atoms with Crippen LogP contribution in [0.1, 0.15) is 68.6 Å². The molecule has 5 heteroatoms. The summed E-state index contributed by atoms with van der Waals surface area (Å²) >= 11 is 1.71. The number of thiophene rings is 1. The predicted molar refractivity (Wildman–Crippen MR) is 97.3 cm³/mol. The Labute approximate surface area is 141 Å². The SMILES string of the molecule is CCCCCC(CC)NCc1nc2sc3c(c2c(=O)[nH]1)CCC3. The third-order valence-corrected chi connectivity index (χ3v) is 6.02. The lowest BCUT2D eigenvalue weighted by atomic mass is 10.1. The minimum Gasteiger partial charge on any atom is -0.309 e. The zero-order chi connectivity index (χ0) is 16.2. The summed E-state index contributed by atoms with van der Waals surface area (Å²) in [5.41, 5.74) is 1.30. The number of fused-ring (bicyclic) bond motifs is 3. The van der Waals surface area contributed by atoms with Crippen molar-refractivity contribution in [2.75, 3.05) is 0 Å². The van der Waals surface area contributed by atoms with Gasteiger partial charge >= 0.3 is 0 Å². The van der Waals surface area contributed by atoms with Gasteiger partial charge in [0.1, 0.15) is 10.7 Å². The molecule has 0 aromatic carbocycles. The van der Waals surface area contributed by atoms with Crippen LogP contribution in [-0.4, -0.2) is 16.0 Å². The van der Waals surface area contributed by atoms with Crippen LogP contribution in [0.5, 0.6) is 0 Å². The first-order valence-corrected chi connectivity index (χ1v) is 9.81. The number of unbranched alkanes of at least 4 members (excludes halogenated alkanes) is 2. The summed E-state index contributed by atoms with van der Waals surface area (Å²) in [4.78, 5) is 22.4. The van der Waals surface area contributed by atoms with Gasteiger partial charge in [-0.1, -0.05) is 33.1 Å². The van der Waals surface area contributed by atoms with Crippen molar-refractivity contribution in [1.82, 2.24) is 15.3 Å². The van der Waals surface area contributed by atoms with E-state index in [-0.39, 0.29) is 5.56 Å². The molecule has 4 nitrogen and oxygen atoms in total. The lowest BCUT2D eigenvalue weighted by Gasteiger charge is -2.16. The molecule has 2 aromatic heterocycles. The monoisotopic (exact) mass is 333 g/mol. The van der Waals surface area contributed by atoms with Crippen LogP contribution < -0.4 is 10.9 Å². The molecule has 126 valence electrons. The summed E-state index contributed by atoms with van der Waals surface area (Å²) < 4.78 is 0. The number of aromatic nitrogens is 2. The molecule has 0 saturated carbocycles. The van der Waals surface area contributed by atoms with Gasteiger partial charge in [0.15, 0.2) is 0 Å². The van der Waals surface area contributed by atoms with Crippen molar-refractivity contribution in [3.8, 4) is 0 Å². The zero-order valence-electron chi connectivity index (χ0n) is 14.2. The van der Waals surface area contributed by atoms with E-state index in [1.165, 1.54) is 42.5 Å². The van der Waals surface area contributed by atoms with E-state index in [1.807, 2.05) is 0 Å². The second-order valence-corrected chi connectivity index (χ2v) is 7.62. The highest BCUT2D eigenvalue weighted by molar-refractivity contribution is 7.18. The van der Waals surface area contributed by atoms with Gasteiger partial charge in [0.05, 0.1) is 11.9 Å². The molecule has 0 radical (unpaired) electrons. The van der Waals surface area contributed by atoms with Crippen LogP contribution in [0.25, 0.3) is 10.2 Å². The maximum absolute atomic E-state index is 12.4. The first-order valence-electron chi connectivity index (χ1n) is 8.99. The molecule has 0 fully saturated rings. The average molecular weight is 334 g/mol. The highest BCUT2D eigenvalue weighted by Gasteiger charge is 2.21. The third kappa shape index (κ3) is 3.66. The van der Waals surface area contributed by atoms with Crippen molar-refractivity contribution in [2.24, 2.45) is 0 Å². The van der Waals surface area contributed by atoms with E-state index in [9.17, 15) is 4.79 Å². The van der Waals surface area contributed by atoms with Gasteiger partial charge in [-0.25, -0.2) is 4.98 Å². The molecule has 1 aliphatic carbocycles. The van der Waals surface area contributed by atoms with Gasteiger partial charge < -0.3 is 10.3 Å². The van der Waals surface area contributed by atoms with E-state index >= 15 is 0 Å². The van der Waals surface area contributed by atoms with Crippen LogP contribution in [0.15, 0.2) is 4.79 Å². The maximum Gasteiger partial charge on any atom is 0.259 e. The molecule has 0 saturated heterocycles. The Bertz CT molecular complexity index is 719. The normalized spacial score (nSPS) is 15.2. The van der Waals surface area contributed by atoms with E-state index < -0.39 is 0 Å². The number of hydrogen-bond donors (Lipinski definition) is 2. The summed E-state index contributed by atoms with van der Waals surface area (Å²) in [5, 5.41) is 4.41. The van der Waals surface area contributed by atoms with Crippen LogP contribution in [-0.2, 0) is 19.4 Å². The van der Waals surface area contributed by atoms with Crippen molar-refractivity contribution in [3.63, 3.8) is 0 Å². The Kier molecular flexibility index (Phi) is 5.49. The van der Waals surface area contributed by atoms with Crippen molar-refractivity contribution < 1.29 is 0 Å². The van der Waals surface area contributed by atoms with Crippen LogP contribution >= 0.6 is 11.3 Å². The highest BCUT2D eigenvalue weighted by atomic mass is 32.1. The number of hydrogen-bond acceptors (Lipinski definition) is 4.